The zero-order chi connectivity index (χ0) is 19.1. The molecule has 0 aliphatic carbocycles. The smallest absolute Gasteiger partial charge is 0.239 e. The molecule has 1 amide bonds. The first-order chi connectivity index (χ1) is 13.7. The van der Waals surface area contributed by atoms with Crippen molar-refractivity contribution in [2.45, 2.75) is 43.7 Å². The standard InChI is InChI=1S/C21H24ClN3O2S/c22-15-3-1-9-24-18(15)17-13-14-5-12-27-21(19(14)28-17)6-10-25(11-7-21)20(26)16-4-2-8-23-16/h1,3,9,13,16,23H,2,4-8,10-12H2/t16-/m0/s1. The molecule has 5 rings (SSSR count). The minimum absolute atomic E-state index is 0.0107. The number of rotatable bonds is 2. The molecule has 0 saturated carbocycles. The maximum Gasteiger partial charge on any atom is 0.239 e. The number of thiophene rings is 1. The van der Waals surface area contributed by atoms with Crippen LogP contribution in [-0.4, -0.2) is 48.1 Å². The zero-order valence-electron chi connectivity index (χ0n) is 15.7. The van der Waals surface area contributed by atoms with Crippen LogP contribution in [0.3, 0.4) is 0 Å². The van der Waals surface area contributed by atoms with Crippen molar-refractivity contribution in [2.24, 2.45) is 0 Å². The van der Waals surface area contributed by atoms with Crippen LogP contribution in [0.25, 0.3) is 10.6 Å². The van der Waals surface area contributed by atoms with Crippen molar-refractivity contribution in [3.8, 4) is 10.6 Å². The van der Waals surface area contributed by atoms with Gasteiger partial charge in [0.2, 0.25) is 5.91 Å². The van der Waals surface area contributed by atoms with Crippen molar-refractivity contribution in [3.05, 3.63) is 39.9 Å². The van der Waals surface area contributed by atoms with E-state index in [0.717, 1.165) is 68.9 Å². The number of hydrogen-bond acceptors (Lipinski definition) is 5. The van der Waals surface area contributed by atoms with Gasteiger partial charge in [-0.25, -0.2) is 0 Å². The Kier molecular flexibility index (Phi) is 4.91. The molecule has 2 fully saturated rings. The van der Waals surface area contributed by atoms with E-state index in [-0.39, 0.29) is 17.6 Å². The van der Waals surface area contributed by atoms with Crippen LogP contribution < -0.4 is 5.32 Å². The Balaban J connectivity index is 1.38. The highest BCUT2D eigenvalue weighted by molar-refractivity contribution is 7.15. The molecule has 0 aromatic carbocycles. The average molecular weight is 418 g/mol. The molecule has 1 N–H and O–H groups in total. The normalized spacial score (nSPS) is 23.8. The molecule has 2 aromatic heterocycles. The third-order valence-electron chi connectivity index (χ3n) is 6.21. The summed E-state index contributed by atoms with van der Waals surface area (Å²) < 4.78 is 6.37. The van der Waals surface area contributed by atoms with E-state index in [0.29, 0.717) is 5.02 Å². The minimum Gasteiger partial charge on any atom is -0.369 e. The van der Waals surface area contributed by atoms with E-state index in [4.69, 9.17) is 16.3 Å². The molecule has 2 saturated heterocycles. The van der Waals surface area contributed by atoms with Gasteiger partial charge in [-0.1, -0.05) is 11.6 Å². The minimum atomic E-state index is -0.266. The molecular formula is C21H24ClN3O2S. The topological polar surface area (TPSA) is 54.5 Å². The van der Waals surface area contributed by atoms with Gasteiger partial charge in [-0.05, 0) is 62.4 Å². The lowest BCUT2D eigenvalue weighted by Gasteiger charge is -2.44. The van der Waals surface area contributed by atoms with Gasteiger partial charge < -0.3 is 15.0 Å². The molecule has 3 aliphatic heterocycles. The molecule has 0 radical (unpaired) electrons. The predicted molar refractivity (Wildman–Crippen MR) is 111 cm³/mol. The van der Waals surface area contributed by atoms with Gasteiger partial charge in [0.05, 0.1) is 28.2 Å². The summed E-state index contributed by atoms with van der Waals surface area (Å²) in [7, 11) is 0. The highest BCUT2D eigenvalue weighted by Gasteiger charge is 2.44. The Morgan fingerprint density at radius 2 is 2.25 bits per heavy atom. The van der Waals surface area contributed by atoms with Crippen LogP contribution in [0, 0.1) is 0 Å². The fourth-order valence-corrected chi connectivity index (χ4v) is 6.38. The van der Waals surface area contributed by atoms with Crippen LogP contribution in [-0.2, 0) is 21.6 Å². The third-order valence-corrected chi connectivity index (χ3v) is 7.88. The second-order valence-electron chi connectivity index (χ2n) is 7.87. The molecule has 5 heterocycles. The first-order valence-electron chi connectivity index (χ1n) is 10.1. The van der Waals surface area contributed by atoms with Gasteiger partial charge in [-0.3, -0.25) is 9.78 Å². The Hall–Kier alpha value is -1.47. The lowest BCUT2D eigenvalue weighted by Crippen LogP contribution is -2.51. The Morgan fingerprint density at radius 1 is 1.39 bits per heavy atom. The molecule has 148 valence electrons. The van der Waals surface area contributed by atoms with Crippen LogP contribution in [0.4, 0.5) is 0 Å². The maximum absolute atomic E-state index is 12.7. The van der Waals surface area contributed by atoms with Crippen molar-refractivity contribution in [3.63, 3.8) is 0 Å². The Labute approximate surface area is 174 Å². The molecule has 1 atom stereocenters. The van der Waals surface area contributed by atoms with Gasteiger partial charge in [-0.15, -0.1) is 11.3 Å². The summed E-state index contributed by atoms with van der Waals surface area (Å²) >= 11 is 8.13. The summed E-state index contributed by atoms with van der Waals surface area (Å²) in [6.45, 7) is 3.20. The Morgan fingerprint density at radius 3 is 3.00 bits per heavy atom. The average Bonchev–Trinajstić information content (AvgIpc) is 3.39. The number of ether oxygens (including phenoxy) is 1. The van der Waals surface area contributed by atoms with Crippen LogP contribution in [0.15, 0.2) is 24.4 Å². The number of pyridine rings is 1. The number of likely N-dealkylation sites (tertiary alicyclic amines) is 1. The van der Waals surface area contributed by atoms with Crippen molar-refractivity contribution in [1.82, 2.24) is 15.2 Å². The van der Waals surface area contributed by atoms with Gasteiger partial charge in [0.1, 0.15) is 5.60 Å². The summed E-state index contributed by atoms with van der Waals surface area (Å²) in [5.41, 5.74) is 1.93. The summed E-state index contributed by atoms with van der Waals surface area (Å²) in [5, 5.41) is 4.01. The second-order valence-corrected chi connectivity index (χ2v) is 9.33. The number of amides is 1. The number of carbonyl (C=O) groups is 1. The number of nitrogens with zero attached hydrogens (tertiary/aromatic N) is 2. The van der Waals surface area contributed by atoms with Crippen molar-refractivity contribution < 1.29 is 9.53 Å². The van der Waals surface area contributed by atoms with Gasteiger partial charge >= 0.3 is 0 Å². The molecule has 0 bridgehead atoms. The fourth-order valence-electron chi connectivity index (χ4n) is 4.68. The van der Waals surface area contributed by atoms with Crippen LogP contribution in [0.1, 0.15) is 36.1 Å². The van der Waals surface area contributed by atoms with Gasteiger partial charge in [-0.2, -0.15) is 0 Å². The number of halogens is 1. The van der Waals surface area contributed by atoms with E-state index in [9.17, 15) is 4.79 Å². The van der Waals surface area contributed by atoms with Crippen molar-refractivity contribution in [2.75, 3.05) is 26.2 Å². The van der Waals surface area contributed by atoms with E-state index < -0.39 is 0 Å². The largest absolute Gasteiger partial charge is 0.369 e. The van der Waals surface area contributed by atoms with Crippen molar-refractivity contribution in [1.29, 1.82) is 0 Å². The van der Waals surface area contributed by atoms with Crippen LogP contribution in [0.5, 0.6) is 0 Å². The quantitative estimate of drug-likeness (QED) is 0.811. The molecule has 0 unspecified atom stereocenters. The fraction of sp³-hybridized carbons (Fsp3) is 0.524. The highest BCUT2D eigenvalue weighted by atomic mass is 35.5. The Bertz CT molecular complexity index is 886. The van der Waals surface area contributed by atoms with E-state index in [1.54, 1.807) is 17.5 Å². The predicted octanol–water partition coefficient (Wildman–Crippen LogP) is 3.61. The number of aromatic nitrogens is 1. The summed E-state index contributed by atoms with van der Waals surface area (Å²) in [6, 6.07) is 5.99. The number of carbonyl (C=O) groups excluding carboxylic acids is 1. The lowest BCUT2D eigenvalue weighted by atomic mass is 9.85. The summed E-state index contributed by atoms with van der Waals surface area (Å²) in [5.74, 6) is 0.260. The summed E-state index contributed by atoms with van der Waals surface area (Å²) in [6.07, 6.45) is 6.47. The molecule has 1 spiro atoms. The number of piperidine rings is 1. The third kappa shape index (κ3) is 3.16. The summed E-state index contributed by atoms with van der Waals surface area (Å²) in [4.78, 5) is 21.7. The van der Waals surface area contributed by atoms with Gasteiger partial charge in [0.15, 0.2) is 0 Å². The van der Waals surface area contributed by atoms with Crippen LogP contribution >= 0.6 is 22.9 Å². The highest BCUT2D eigenvalue weighted by Crippen LogP contribution is 2.48. The van der Waals surface area contributed by atoms with E-state index >= 15 is 0 Å². The van der Waals surface area contributed by atoms with E-state index in [2.05, 4.69) is 16.4 Å². The second kappa shape index (κ2) is 7.41. The van der Waals surface area contributed by atoms with Crippen LogP contribution in [0.2, 0.25) is 5.02 Å². The monoisotopic (exact) mass is 417 g/mol. The SMILES string of the molecule is O=C([C@@H]1CCCN1)N1CCC2(CC1)OCCc1cc(-c3ncccc3Cl)sc12. The molecule has 3 aliphatic rings. The molecular weight excluding hydrogens is 394 g/mol. The van der Waals surface area contributed by atoms with Gasteiger partial charge in [0.25, 0.3) is 0 Å². The van der Waals surface area contributed by atoms with E-state index in [1.807, 2.05) is 17.0 Å². The number of hydrogen-bond donors (Lipinski definition) is 1. The van der Waals surface area contributed by atoms with Crippen molar-refractivity contribution >= 4 is 28.8 Å². The first-order valence-corrected chi connectivity index (χ1v) is 11.3. The number of nitrogens with one attached hydrogen (secondary N) is 1. The van der Waals surface area contributed by atoms with Gasteiger partial charge in [0, 0.05) is 24.2 Å². The molecule has 2 aromatic rings. The molecule has 7 heteroatoms. The molecule has 28 heavy (non-hydrogen) atoms. The maximum atomic E-state index is 12.7. The molecule has 5 nitrogen and oxygen atoms in total. The van der Waals surface area contributed by atoms with E-state index in [1.165, 1.54) is 10.4 Å². The first kappa shape index (κ1) is 18.6. The number of fused-ring (bicyclic) bond motifs is 2. The lowest BCUT2D eigenvalue weighted by molar-refractivity contribution is -0.142. The zero-order valence-corrected chi connectivity index (χ0v) is 17.3.